The van der Waals surface area contributed by atoms with Gasteiger partial charge in [0.05, 0.1) is 0 Å². The molecule has 0 aromatic heterocycles. The fourth-order valence-corrected chi connectivity index (χ4v) is 0.854. The molecule has 0 aromatic carbocycles. The van der Waals surface area contributed by atoms with Crippen LogP contribution in [0.4, 0.5) is 4.79 Å². The summed E-state index contributed by atoms with van der Waals surface area (Å²) in [5.41, 5.74) is 0. The van der Waals surface area contributed by atoms with Crippen molar-refractivity contribution < 1.29 is 9.59 Å². The lowest BCUT2D eigenvalue weighted by Crippen LogP contribution is -2.28. The Hall–Kier alpha value is -1.06. The number of carbonyl (C=O) groups excluding carboxylic acids is 2. The molecule has 1 heterocycles. The summed E-state index contributed by atoms with van der Waals surface area (Å²) in [5, 5.41) is 2.17. The highest BCUT2D eigenvalue weighted by molar-refractivity contribution is 6.01. The van der Waals surface area contributed by atoms with Crippen molar-refractivity contribution in [2.24, 2.45) is 0 Å². The zero-order valence-electron chi connectivity index (χ0n) is 5.59. The van der Waals surface area contributed by atoms with Gasteiger partial charge >= 0.3 is 6.03 Å². The van der Waals surface area contributed by atoms with Crippen LogP contribution in [0.5, 0.6) is 0 Å². The van der Waals surface area contributed by atoms with Gasteiger partial charge in [-0.05, 0) is 6.42 Å². The van der Waals surface area contributed by atoms with Crippen molar-refractivity contribution in [1.82, 2.24) is 10.2 Å². The van der Waals surface area contributed by atoms with Crippen molar-refractivity contribution >= 4 is 11.9 Å². The van der Waals surface area contributed by atoms with E-state index in [1.54, 1.807) is 0 Å². The van der Waals surface area contributed by atoms with Crippen LogP contribution in [0.3, 0.4) is 0 Å². The van der Waals surface area contributed by atoms with Gasteiger partial charge in [0.1, 0.15) is 6.54 Å². The van der Waals surface area contributed by atoms with Crippen LogP contribution < -0.4 is 5.32 Å². The Morgan fingerprint density at radius 2 is 2.30 bits per heavy atom. The van der Waals surface area contributed by atoms with Crippen molar-refractivity contribution in [2.75, 3.05) is 13.1 Å². The zero-order chi connectivity index (χ0) is 7.56. The van der Waals surface area contributed by atoms with Crippen LogP contribution in [0.15, 0.2) is 0 Å². The lowest BCUT2D eigenvalue weighted by Gasteiger charge is -2.09. The normalized spacial score (nSPS) is 17.9. The van der Waals surface area contributed by atoms with Crippen molar-refractivity contribution in [3.8, 4) is 0 Å². The maximum atomic E-state index is 10.7. The molecule has 1 N–H and O–H groups in total. The molecule has 55 valence electrons. The molecule has 4 nitrogen and oxygen atoms in total. The van der Waals surface area contributed by atoms with E-state index in [4.69, 9.17) is 0 Å². The van der Waals surface area contributed by atoms with E-state index in [1.165, 1.54) is 4.90 Å². The lowest BCUT2D eigenvalue weighted by molar-refractivity contribution is -0.118. The maximum absolute atomic E-state index is 10.7. The predicted octanol–water partition coefficient (Wildman–Crippen LogP) is -0.238. The molecule has 0 aliphatic carbocycles. The van der Waals surface area contributed by atoms with E-state index >= 15 is 0 Å². The third-order valence-corrected chi connectivity index (χ3v) is 1.30. The highest BCUT2D eigenvalue weighted by Gasteiger charge is 2.24. The van der Waals surface area contributed by atoms with Crippen molar-refractivity contribution in [3.63, 3.8) is 0 Å². The number of amides is 3. The zero-order valence-corrected chi connectivity index (χ0v) is 5.59. The Kier molecular flexibility index (Phi) is 1.89. The van der Waals surface area contributed by atoms with Gasteiger partial charge in [0.15, 0.2) is 0 Å². The second-order valence-corrected chi connectivity index (χ2v) is 2.13. The number of imide groups is 1. The third kappa shape index (κ3) is 1.26. The molecular weight excluding hydrogens is 132 g/mol. The Bertz CT molecular complexity index is 167. The van der Waals surface area contributed by atoms with E-state index in [0.717, 1.165) is 0 Å². The molecule has 10 heavy (non-hydrogen) atoms. The quantitative estimate of drug-likeness (QED) is 0.540. The summed E-state index contributed by atoms with van der Waals surface area (Å²) in [6.45, 7) is 4.32. The number of rotatable bonds is 2. The van der Waals surface area contributed by atoms with Gasteiger partial charge in [-0.3, -0.25) is 10.1 Å². The number of urea groups is 1. The molecule has 1 aliphatic heterocycles. The van der Waals surface area contributed by atoms with Gasteiger partial charge in [0, 0.05) is 6.54 Å². The second-order valence-electron chi connectivity index (χ2n) is 2.13. The van der Waals surface area contributed by atoms with E-state index in [2.05, 4.69) is 12.2 Å². The van der Waals surface area contributed by atoms with E-state index in [-0.39, 0.29) is 18.5 Å². The molecule has 0 saturated carbocycles. The van der Waals surface area contributed by atoms with Gasteiger partial charge in [-0.25, -0.2) is 4.79 Å². The van der Waals surface area contributed by atoms with Gasteiger partial charge in [0.2, 0.25) is 5.91 Å². The molecular formula is C6H9N2O2. The predicted molar refractivity (Wildman–Crippen MR) is 35.1 cm³/mol. The minimum absolute atomic E-state index is 0.189. The number of nitrogens with zero attached hydrogens (tertiary/aromatic N) is 1. The molecule has 1 rings (SSSR count). The van der Waals surface area contributed by atoms with Crippen LogP contribution >= 0.6 is 0 Å². The van der Waals surface area contributed by atoms with Gasteiger partial charge < -0.3 is 4.90 Å². The summed E-state index contributed by atoms with van der Waals surface area (Å²) >= 11 is 0. The molecule has 3 amide bonds. The summed E-state index contributed by atoms with van der Waals surface area (Å²) in [6.07, 6.45) is 0.640. The Balaban J connectivity index is 2.46. The summed E-state index contributed by atoms with van der Waals surface area (Å²) in [4.78, 5) is 22.7. The number of nitrogens with one attached hydrogen (secondary N) is 1. The molecule has 0 bridgehead atoms. The molecule has 1 radical (unpaired) electrons. The van der Waals surface area contributed by atoms with Crippen molar-refractivity contribution in [2.45, 2.75) is 6.42 Å². The summed E-state index contributed by atoms with van der Waals surface area (Å²) in [6, 6.07) is -0.298. The number of carbonyl (C=O) groups is 2. The first kappa shape index (κ1) is 7.05. The third-order valence-electron chi connectivity index (χ3n) is 1.30. The lowest BCUT2D eigenvalue weighted by atomic mass is 10.4. The van der Waals surface area contributed by atoms with Crippen LogP contribution in [0.1, 0.15) is 6.42 Å². The molecule has 4 heteroatoms. The first-order valence-corrected chi connectivity index (χ1v) is 3.12. The summed E-state index contributed by atoms with van der Waals surface area (Å²) < 4.78 is 0. The van der Waals surface area contributed by atoms with Crippen LogP contribution in [0, 0.1) is 6.92 Å². The van der Waals surface area contributed by atoms with Gasteiger partial charge in [-0.1, -0.05) is 6.92 Å². The minimum atomic E-state index is -0.298. The van der Waals surface area contributed by atoms with Crippen molar-refractivity contribution in [3.05, 3.63) is 6.92 Å². The van der Waals surface area contributed by atoms with Crippen LogP contribution in [-0.2, 0) is 4.79 Å². The number of hydrogen-bond acceptors (Lipinski definition) is 2. The second kappa shape index (κ2) is 2.68. The van der Waals surface area contributed by atoms with Gasteiger partial charge in [-0.2, -0.15) is 0 Å². The van der Waals surface area contributed by atoms with E-state index < -0.39 is 0 Å². The Morgan fingerprint density at radius 1 is 1.60 bits per heavy atom. The topological polar surface area (TPSA) is 49.4 Å². The monoisotopic (exact) mass is 141 g/mol. The molecule has 0 spiro atoms. The smallest absolute Gasteiger partial charge is 0.315 e. The largest absolute Gasteiger partial charge is 0.324 e. The van der Waals surface area contributed by atoms with Gasteiger partial charge in [0.25, 0.3) is 0 Å². The molecule has 0 unspecified atom stereocenters. The molecule has 1 saturated heterocycles. The van der Waals surface area contributed by atoms with E-state index in [9.17, 15) is 9.59 Å². The highest BCUT2D eigenvalue weighted by atomic mass is 16.2. The summed E-state index contributed by atoms with van der Waals surface area (Å²) in [5.74, 6) is -0.224. The average Bonchev–Trinajstić information content (AvgIpc) is 2.13. The summed E-state index contributed by atoms with van der Waals surface area (Å²) in [7, 11) is 0. The fourth-order valence-electron chi connectivity index (χ4n) is 0.854. The molecule has 1 fully saturated rings. The molecule has 0 atom stereocenters. The first-order valence-electron chi connectivity index (χ1n) is 3.12. The number of hydrogen-bond donors (Lipinski definition) is 1. The molecule has 1 aliphatic rings. The first-order chi connectivity index (χ1) is 4.74. The Labute approximate surface area is 59.2 Å². The van der Waals surface area contributed by atoms with Crippen LogP contribution in [-0.4, -0.2) is 29.9 Å². The van der Waals surface area contributed by atoms with E-state index in [1.807, 2.05) is 0 Å². The van der Waals surface area contributed by atoms with Crippen LogP contribution in [0.2, 0.25) is 0 Å². The fraction of sp³-hybridized carbons (Fsp3) is 0.500. The standard InChI is InChI=1S/C6H9N2O2/c1-2-3-8-4-5(9)7-6(8)10/h1-4H2,(H,7,9,10). The Morgan fingerprint density at radius 3 is 2.70 bits per heavy atom. The molecule has 0 aromatic rings. The van der Waals surface area contributed by atoms with Crippen LogP contribution in [0.25, 0.3) is 0 Å². The maximum Gasteiger partial charge on any atom is 0.324 e. The van der Waals surface area contributed by atoms with Crippen molar-refractivity contribution in [1.29, 1.82) is 0 Å². The highest BCUT2D eigenvalue weighted by Crippen LogP contribution is 1.97. The SMILES string of the molecule is [CH2]CCN1CC(=O)NC1=O. The van der Waals surface area contributed by atoms with Gasteiger partial charge in [-0.15, -0.1) is 0 Å². The average molecular weight is 141 g/mol. The minimum Gasteiger partial charge on any atom is -0.315 e. The van der Waals surface area contributed by atoms with E-state index in [0.29, 0.717) is 13.0 Å².